The Morgan fingerprint density at radius 2 is 2.05 bits per heavy atom. The van der Waals surface area contributed by atoms with Crippen LogP contribution in [0, 0.1) is 11.8 Å². The van der Waals surface area contributed by atoms with Gasteiger partial charge in [-0.05, 0) is 42.9 Å². The summed E-state index contributed by atoms with van der Waals surface area (Å²) in [7, 11) is 0. The van der Waals surface area contributed by atoms with Gasteiger partial charge in [-0.1, -0.05) is 24.6 Å². The molecule has 4 heteroatoms. The lowest BCUT2D eigenvalue weighted by Gasteiger charge is -2.25. The smallest absolute Gasteiger partial charge is 0.326 e. The van der Waals surface area contributed by atoms with Crippen molar-refractivity contribution in [2.24, 2.45) is 11.8 Å². The number of para-hydroxylation sites is 1. The Hall–Kier alpha value is -2.10. The number of hydrogen-bond acceptors (Lipinski definition) is 3. The number of fused-ring (bicyclic) bond motifs is 2. The Labute approximate surface area is 123 Å². The zero-order valence-corrected chi connectivity index (χ0v) is 11.8. The Balaban J connectivity index is 1.74. The molecule has 0 spiro atoms. The van der Waals surface area contributed by atoms with Crippen molar-refractivity contribution >= 4 is 22.7 Å². The van der Waals surface area contributed by atoms with E-state index in [0.717, 1.165) is 42.5 Å². The third kappa shape index (κ3) is 1.97. The Kier molecular flexibility index (Phi) is 2.84. The molecule has 1 N–H and O–H groups in total. The average Bonchev–Trinajstić information content (AvgIpc) is 3.06. The number of anilines is 1. The maximum atomic E-state index is 11.7. The van der Waals surface area contributed by atoms with Gasteiger partial charge in [-0.3, -0.25) is 0 Å². The summed E-state index contributed by atoms with van der Waals surface area (Å²) in [5.74, 6) is 0.894. The molecular weight excluding hydrogens is 264 g/mol. The predicted molar refractivity (Wildman–Crippen MR) is 81.3 cm³/mol. The van der Waals surface area contributed by atoms with Crippen molar-refractivity contribution < 1.29 is 9.90 Å². The highest BCUT2D eigenvalue weighted by Gasteiger charge is 2.48. The van der Waals surface area contributed by atoms with Crippen molar-refractivity contribution in [3.05, 3.63) is 36.4 Å². The zero-order chi connectivity index (χ0) is 14.4. The summed E-state index contributed by atoms with van der Waals surface area (Å²) in [5.41, 5.74) is 0.927. The van der Waals surface area contributed by atoms with Crippen molar-refractivity contribution in [3.63, 3.8) is 0 Å². The number of hydrogen-bond donors (Lipinski definition) is 1. The van der Waals surface area contributed by atoms with Crippen molar-refractivity contribution in [2.45, 2.75) is 25.3 Å². The van der Waals surface area contributed by atoms with Gasteiger partial charge in [0.05, 0.1) is 5.52 Å². The largest absolute Gasteiger partial charge is 0.480 e. The molecule has 2 aliphatic rings. The van der Waals surface area contributed by atoms with Crippen LogP contribution in [-0.2, 0) is 4.79 Å². The normalized spacial score (nSPS) is 28.0. The Bertz CT molecular complexity index is 700. The molecule has 3 unspecified atom stereocenters. The lowest BCUT2D eigenvalue weighted by atomic mass is 9.94. The number of nitrogens with zero attached hydrogens (tertiary/aromatic N) is 2. The first-order chi connectivity index (χ1) is 10.2. The number of carbonyl (C=O) groups is 1. The second-order valence-corrected chi connectivity index (χ2v) is 6.15. The van der Waals surface area contributed by atoms with E-state index in [0.29, 0.717) is 5.92 Å². The average molecular weight is 282 g/mol. The van der Waals surface area contributed by atoms with Crippen molar-refractivity contribution in [1.29, 1.82) is 0 Å². The van der Waals surface area contributed by atoms with E-state index in [1.165, 1.54) is 0 Å². The van der Waals surface area contributed by atoms with E-state index >= 15 is 0 Å². The van der Waals surface area contributed by atoms with Gasteiger partial charge in [-0.15, -0.1) is 0 Å². The molecular formula is C17H18N2O2. The van der Waals surface area contributed by atoms with Crippen LogP contribution in [0.4, 0.5) is 5.82 Å². The predicted octanol–water partition coefficient (Wildman–Crippen LogP) is 2.92. The van der Waals surface area contributed by atoms with Gasteiger partial charge in [0.2, 0.25) is 0 Å². The molecule has 21 heavy (non-hydrogen) atoms. The third-order valence-corrected chi connectivity index (χ3v) is 5.02. The first kappa shape index (κ1) is 12.6. The van der Waals surface area contributed by atoms with Crippen LogP contribution < -0.4 is 4.90 Å². The lowest BCUT2D eigenvalue weighted by molar-refractivity contribution is -0.139. The zero-order valence-electron chi connectivity index (χ0n) is 11.8. The van der Waals surface area contributed by atoms with Crippen LogP contribution in [-0.4, -0.2) is 28.6 Å². The SMILES string of the molecule is O=C(O)C1C2CCCC2CN1c1ccc2ccccc2n1. The van der Waals surface area contributed by atoms with Crippen LogP contribution in [0.5, 0.6) is 0 Å². The first-order valence-electron chi connectivity index (χ1n) is 7.59. The molecule has 1 aromatic carbocycles. The van der Waals surface area contributed by atoms with Gasteiger partial charge in [-0.25, -0.2) is 9.78 Å². The quantitative estimate of drug-likeness (QED) is 0.920. The van der Waals surface area contributed by atoms with E-state index in [1.807, 2.05) is 41.3 Å². The maximum Gasteiger partial charge on any atom is 0.326 e. The number of rotatable bonds is 2. The highest BCUT2D eigenvalue weighted by Crippen LogP contribution is 2.43. The monoisotopic (exact) mass is 282 g/mol. The minimum absolute atomic E-state index is 0.288. The van der Waals surface area contributed by atoms with Crippen LogP contribution in [0.1, 0.15) is 19.3 Å². The number of aliphatic carboxylic acids is 1. The molecule has 4 nitrogen and oxygen atoms in total. The standard InChI is InChI=1S/C17H18N2O2/c20-17(21)16-13-6-3-5-12(13)10-19(16)15-9-8-11-4-1-2-7-14(11)18-15/h1-2,4,7-9,12-13,16H,3,5-6,10H2,(H,20,21). The van der Waals surface area contributed by atoms with E-state index < -0.39 is 12.0 Å². The van der Waals surface area contributed by atoms with Gasteiger partial charge in [0.25, 0.3) is 0 Å². The van der Waals surface area contributed by atoms with E-state index in [1.54, 1.807) is 0 Å². The molecule has 4 rings (SSSR count). The van der Waals surface area contributed by atoms with Crippen LogP contribution in [0.15, 0.2) is 36.4 Å². The number of benzene rings is 1. The summed E-state index contributed by atoms with van der Waals surface area (Å²) in [6, 6.07) is 11.5. The lowest BCUT2D eigenvalue weighted by Crippen LogP contribution is -2.40. The molecule has 0 radical (unpaired) electrons. The minimum Gasteiger partial charge on any atom is -0.480 e. The summed E-state index contributed by atoms with van der Waals surface area (Å²) in [6.07, 6.45) is 3.35. The van der Waals surface area contributed by atoms with Crippen LogP contribution >= 0.6 is 0 Å². The molecule has 1 saturated carbocycles. The fourth-order valence-electron chi connectivity index (χ4n) is 4.07. The Morgan fingerprint density at radius 3 is 2.90 bits per heavy atom. The summed E-state index contributed by atoms with van der Waals surface area (Å²) < 4.78 is 0. The third-order valence-electron chi connectivity index (χ3n) is 5.02. The fraction of sp³-hybridized carbons (Fsp3) is 0.412. The van der Waals surface area contributed by atoms with E-state index in [2.05, 4.69) is 4.98 Å². The van der Waals surface area contributed by atoms with Gasteiger partial charge < -0.3 is 10.0 Å². The van der Waals surface area contributed by atoms with Gasteiger partial charge >= 0.3 is 5.97 Å². The number of carboxylic acids is 1. The summed E-state index contributed by atoms with van der Waals surface area (Å²) in [5, 5.41) is 10.7. The molecule has 2 fully saturated rings. The summed E-state index contributed by atoms with van der Waals surface area (Å²) in [6.45, 7) is 0.826. The van der Waals surface area contributed by atoms with E-state index in [4.69, 9.17) is 0 Å². The molecule has 1 aromatic heterocycles. The van der Waals surface area contributed by atoms with Gasteiger partial charge in [-0.2, -0.15) is 0 Å². The molecule has 3 atom stereocenters. The molecule has 2 heterocycles. The van der Waals surface area contributed by atoms with Crippen molar-refractivity contribution in [3.8, 4) is 0 Å². The second kappa shape index (κ2) is 4.72. The summed E-state index contributed by atoms with van der Waals surface area (Å²) in [4.78, 5) is 18.4. The highest BCUT2D eigenvalue weighted by atomic mass is 16.4. The molecule has 1 aliphatic heterocycles. The Morgan fingerprint density at radius 1 is 1.19 bits per heavy atom. The van der Waals surface area contributed by atoms with E-state index in [9.17, 15) is 9.90 Å². The van der Waals surface area contributed by atoms with Crippen LogP contribution in [0.2, 0.25) is 0 Å². The molecule has 2 aromatic rings. The molecule has 108 valence electrons. The fourth-order valence-corrected chi connectivity index (χ4v) is 4.07. The maximum absolute atomic E-state index is 11.7. The number of carboxylic acid groups (broad SMARTS) is 1. The molecule has 1 saturated heterocycles. The van der Waals surface area contributed by atoms with Crippen molar-refractivity contribution in [2.75, 3.05) is 11.4 Å². The van der Waals surface area contributed by atoms with Crippen molar-refractivity contribution in [1.82, 2.24) is 4.98 Å². The van der Waals surface area contributed by atoms with Crippen LogP contribution in [0.3, 0.4) is 0 Å². The highest BCUT2D eigenvalue weighted by molar-refractivity contribution is 5.83. The van der Waals surface area contributed by atoms with Crippen LogP contribution in [0.25, 0.3) is 10.9 Å². The van der Waals surface area contributed by atoms with E-state index in [-0.39, 0.29) is 5.92 Å². The number of aromatic nitrogens is 1. The molecule has 0 amide bonds. The molecule has 1 aliphatic carbocycles. The topological polar surface area (TPSA) is 53.4 Å². The first-order valence-corrected chi connectivity index (χ1v) is 7.59. The van der Waals surface area contributed by atoms with Gasteiger partial charge in [0, 0.05) is 11.9 Å². The minimum atomic E-state index is -0.709. The second-order valence-electron chi connectivity index (χ2n) is 6.15. The van der Waals surface area contributed by atoms with Gasteiger partial charge in [0.1, 0.15) is 11.9 Å². The molecule has 0 bridgehead atoms. The van der Waals surface area contributed by atoms with Gasteiger partial charge in [0.15, 0.2) is 0 Å². The number of pyridine rings is 1. The summed E-state index contributed by atoms with van der Waals surface area (Å²) >= 11 is 0.